The van der Waals surface area contributed by atoms with Crippen LogP contribution in [0.4, 0.5) is 5.69 Å². The molecule has 1 aromatic heterocycles. The topological polar surface area (TPSA) is 65.7 Å². The number of rotatable bonds is 4. The molecule has 1 aliphatic rings. The molecule has 29 heavy (non-hydrogen) atoms. The summed E-state index contributed by atoms with van der Waals surface area (Å²) < 4.78 is 5.90. The minimum atomic E-state index is -0.213. The lowest BCUT2D eigenvalue weighted by Crippen LogP contribution is -2.24. The molecule has 0 saturated carbocycles. The van der Waals surface area contributed by atoms with Gasteiger partial charge in [0, 0.05) is 23.2 Å². The third kappa shape index (κ3) is 4.15. The number of carbonyl (C=O) groups is 1. The van der Waals surface area contributed by atoms with Gasteiger partial charge in [-0.1, -0.05) is 25.0 Å². The van der Waals surface area contributed by atoms with Gasteiger partial charge in [0.2, 0.25) is 0 Å². The second kappa shape index (κ2) is 8.29. The molecular weight excluding hydrogens is 364 g/mol. The fourth-order valence-corrected chi connectivity index (χ4v) is 4.23. The van der Waals surface area contributed by atoms with Gasteiger partial charge in [-0.05, 0) is 69.6 Å². The first-order valence-corrected chi connectivity index (χ1v) is 10.4. The molecule has 2 heterocycles. The number of aromatic hydroxyl groups is 1. The molecular formula is C24H28N2O3. The van der Waals surface area contributed by atoms with E-state index in [-0.39, 0.29) is 11.7 Å². The molecule has 1 amide bonds. The Morgan fingerprint density at radius 1 is 1.10 bits per heavy atom. The maximum Gasteiger partial charge on any atom is 0.259 e. The number of phenols is 1. The second-order valence-electron chi connectivity index (χ2n) is 7.98. The predicted molar refractivity (Wildman–Crippen MR) is 115 cm³/mol. The molecule has 0 bridgehead atoms. The number of hydrogen-bond acceptors (Lipinski definition) is 4. The lowest BCUT2D eigenvalue weighted by Gasteiger charge is -2.21. The van der Waals surface area contributed by atoms with E-state index < -0.39 is 0 Å². The molecule has 5 nitrogen and oxygen atoms in total. The predicted octanol–water partition coefficient (Wildman–Crippen LogP) is 5.38. The number of fused-ring (bicyclic) bond motifs is 1. The summed E-state index contributed by atoms with van der Waals surface area (Å²) in [5, 5.41) is 14.4. The fourth-order valence-electron chi connectivity index (χ4n) is 4.23. The number of carbonyl (C=O) groups excluding carboxylic acids is 1. The van der Waals surface area contributed by atoms with Crippen molar-refractivity contribution in [3.05, 3.63) is 58.8 Å². The van der Waals surface area contributed by atoms with Crippen LogP contribution in [0.1, 0.15) is 52.9 Å². The molecule has 0 radical (unpaired) electrons. The quantitative estimate of drug-likeness (QED) is 0.625. The van der Waals surface area contributed by atoms with Crippen molar-refractivity contribution in [3.8, 4) is 5.75 Å². The molecule has 5 heteroatoms. The molecule has 0 unspecified atom stereocenters. The zero-order valence-corrected chi connectivity index (χ0v) is 17.1. The lowest BCUT2D eigenvalue weighted by molar-refractivity contribution is 0.102. The molecule has 1 aliphatic heterocycles. The number of aryl methyl sites for hydroxylation is 2. The molecule has 152 valence electrons. The average molecular weight is 392 g/mol. The fraction of sp³-hybridized carbons (Fsp3) is 0.375. The van der Waals surface area contributed by atoms with Crippen LogP contribution in [-0.2, 0) is 6.54 Å². The van der Waals surface area contributed by atoms with Crippen LogP contribution >= 0.6 is 0 Å². The van der Waals surface area contributed by atoms with Crippen LogP contribution in [0.15, 0.2) is 40.8 Å². The van der Waals surface area contributed by atoms with Crippen molar-refractivity contribution < 1.29 is 14.3 Å². The van der Waals surface area contributed by atoms with Crippen LogP contribution in [0.25, 0.3) is 11.0 Å². The van der Waals surface area contributed by atoms with Crippen molar-refractivity contribution in [2.24, 2.45) is 0 Å². The largest absolute Gasteiger partial charge is 0.508 e. The summed E-state index contributed by atoms with van der Waals surface area (Å²) >= 11 is 0. The van der Waals surface area contributed by atoms with Crippen molar-refractivity contribution in [1.82, 2.24) is 4.90 Å². The Balaban J connectivity index is 1.72. The Labute approximate surface area is 171 Å². The Kier molecular flexibility index (Phi) is 5.58. The number of nitrogens with zero attached hydrogens (tertiary/aromatic N) is 1. The van der Waals surface area contributed by atoms with Crippen molar-refractivity contribution in [3.63, 3.8) is 0 Å². The number of phenolic OH excluding ortho intramolecular Hbond substituents is 1. The summed E-state index contributed by atoms with van der Waals surface area (Å²) in [6.45, 7) is 6.44. The van der Waals surface area contributed by atoms with E-state index in [0.717, 1.165) is 35.3 Å². The molecule has 0 spiro atoms. The number of amides is 1. The van der Waals surface area contributed by atoms with E-state index in [1.807, 2.05) is 31.2 Å². The van der Waals surface area contributed by atoms with E-state index in [9.17, 15) is 9.90 Å². The minimum Gasteiger partial charge on any atom is -0.508 e. The van der Waals surface area contributed by atoms with Crippen LogP contribution in [0.2, 0.25) is 0 Å². The molecule has 3 aromatic rings. The van der Waals surface area contributed by atoms with Crippen molar-refractivity contribution in [1.29, 1.82) is 0 Å². The summed E-state index contributed by atoms with van der Waals surface area (Å²) in [4.78, 5) is 15.5. The molecule has 2 N–H and O–H groups in total. The van der Waals surface area contributed by atoms with Gasteiger partial charge in [-0.25, -0.2) is 0 Å². The number of likely N-dealkylation sites (tertiary alicyclic amines) is 1. The van der Waals surface area contributed by atoms with Gasteiger partial charge in [0.15, 0.2) is 0 Å². The van der Waals surface area contributed by atoms with Gasteiger partial charge in [0.05, 0.1) is 5.56 Å². The first kappa shape index (κ1) is 19.5. The highest BCUT2D eigenvalue weighted by Gasteiger charge is 2.24. The average Bonchev–Trinajstić information content (AvgIpc) is 2.84. The van der Waals surface area contributed by atoms with Gasteiger partial charge in [0.25, 0.3) is 5.91 Å². The van der Waals surface area contributed by atoms with Crippen molar-refractivity contribution >= 4 is 22.6 Å². The van der Waals surface area contributed by atoms with Crippen molar-refractivity contribution in [2.75, 3.05) is 18.4 Å². The molecule has 0 atom stereocenters. The van der Waals surface area contributed by atoms with Crippen LogP contribution in [-0.4, -0.2) is 29.0 Å². The molecule has 0 aliphatic carbocycles. The monoisotopic (exact) mass is 392 g/mol. The molecule has 1 fully saturated rings. The summed E-state index contributed by atoms with van der Waals surface area (Å²) in [6.07, 6.45) is 4.84. The second-order valence-corrected chi connectivity index (χ2v) is 7.98. The summed E-state index contributed by atoms with van der Waals surface area (Å²) in [5.74, 6) is 0.564. The normalized spacial score (nSPS) is 15.4. The van der Waals surface area contributed by atoms with E-state index in [4.69, 9.17) is 4.42 Å². The highest BCUT2D eigenvalue weighted by molar-refractivity contribution is 6.14. The standard InChI is InChI=1S/C24H28N2O3/c1-16-8-7-9-18(14-16)25-24(28)22-17(2)29-21-11-10-20(27)19(23(21)22)15-26-12-5-3-4-6-13-26/h7-11,14,27H,3-6,12-13,15H2,1-2H3,(H,25,28). The number of furan rings is 1. The van der Waals surface area contributed by atoms with E-state index in [2.05, 4.69) is 10.2 Å². The van der Waals surface area contributed by atoms with Crippen LogP contribution in [0.5, 0.6) is 5.75 Å². The Morgan fingerprint density at radius 3 is 2.59 bits per heavy atom. The first-order chi connectivity index (χ1) is 14.0. The maximum absolute atomic E-state index is 13.2. The van der Waals surface area contributed by atoms with Crippen LogP contribution in [0.3, 0.4) is 0 Å². The third-order valence-corrected chi connectivity index (χ3v) is 5.70. The van der Waals surface area contributed by atoms with E-state index in [1.165, 1.54) is 25.7 Å². The molecule has 1 saturated heterocycles. The van der Waals surface area contributed by atoms with Gasteiger partial charge in [-0.15, -0.1) is 0 Å². The minimum absolute atomic E-state index is 0.213. The number of hydrogen-bond donors (Lipinski definition) is 2. The highest BCUT2D eigenvalue weighted by atomic mass is 16.3. The Bertz CT molecular complexity index is 1030. The number of nitrogens with one attached hydrogen (secondary N) is 1. The zero-order chi connectivity index (χ0) is 20.4. The van der Waals surface area contributed by atoms with E-state index >= 15 is 0 Å². The highest BCUT2D eigenvalue weighted by Crippen LogP contribution is 2.35. The van der Waals surface area contributed by atoms with E-state index in [1.54, 1.807) is 19.1 Å². The van der Waals surface area contributed by atoms with Gasteiger partial charge >= 0.3 is 0 Å². The Hall–Kier alpha value is -2.79. The molecule has 4 rings (SSSR count). The van der Waals surface area contributed by atoms with E-state index in [0.29, 0.717) is 23.5 Å². The van der Waals surface area contributed by atoms with Gasteiger partial charge in [-0.2, -0.15) is 0 Å². The van der Waals surface area contributed by atoms with Crippen molar-refractivity contribution in [2.45, 2.75) is 46.1 Å². The summed E-state index contributed by atoms with van der Waals surface area (Å²) in [7, 11) is 0. The van der Waals surface area contributed by atoms with Crippen LogP contribution in [0, 0.1) is 13.8 Å². The first-order valence-electron chi connectivity index (χ1n) is 10.4. The maximum atomic E-state index is 13.2. The lowest BCUT2D eigenvalue weighted by atomic mass is 10.0. The molecule has 2 aromatic carbocycles. The van der Waals surface area contributed by atoms with Gasteiger partial charge in [-0.3, -0.25) is 9.69 Å². The Morgan fingerprint density at radius 2 is 1.86 bits per heavy atom. The summed E-state index contributed by atoms with van der Waals surface area (Å²) in [5.41, 5.74) is 3.74. The summed E-state index contributed by atoms with van der Waals surface area (Å²) in [6, 6.07) is 11.1. The van der Waals surface area contributed by atoms with Crippen LogP contribution < -0.4 is 5.32 Å². The number of anilines is 1. The SMILES string of the molecule is Cc1cccc(NC(=O)c2c(C)oc3ccc(O)c(CN4CCCCCC4)c23)c1. The zero-order valence-electron chi connectivity index (χ0n) is 17.1. The van der Waals surface area contributed by atoms with Gasteiger partial charge in [0.1, 0.15) is 17.1 Å². The third-order valence-electron chi connectivity index (χ3n) is 5.70. The number of benzene rings is 2. The van der Waals surface area contributed by atoms with Gasteiger partial charge < -0.3 is 14.8 Å². The smallest absolute Gasteiger partial charge is 0.259 e.